The van der Waals surface area contributed by atoms with E-state index in [0.717, 1.165) is 17.7 Å². The molecule has 0 unspecified atom stereocenters. The summed E-state index contributed by atoms with van der Waals surface area (Å²) in [6, 6.07) is 7.64. The highest BCUT2D eigenvalue weighted by Crippen LogP contribution is 2.25. The van der Waals surface area contributed by atoms with E-state index in [1.54, 1.807) is 6.92 Å². The first-order chi connectivity index (χ1) is 8.08. The van der Waals surface area contributed by atoms with Crippen molar-refractivity contribution in [2.24, 2.45) is 4.99 Å². The molecular weight excluding hydrogens is 234 g/mol. The van der Waals surface area contributed by atoms with Crippen LogP contribution in [0.1, 0.15) is 18.1 Å². The first kappa shape index (κ1) is 13.4. The molecule has 0 amide bonds. The van der Waals surface area contributed by atoms with Crippen LogP contribution in [0.4, 0.5) is 0 Å². The van der Waals surface area contributed by atoms with E-state index in [0.29, 0.717) is 16.4 Å². The van der Waals surface area contributed by atoms with Gasteiger partial charge in [-0.05, 0) is 31.7 Å². The maximum absolute atomic E-state index is 8.67. The molecule has 0 aliphatic carbocycles. The van der Waals surface area contributed by atoms with Crippen molar-refractivity contribution in [2.75, 3.05) is 7.05 Å². The zero-order valence-electron chi connectivity index (χ0n) is 9.92. The maximum atomic E-state index is 8.67. The zero-order valence-corrected chi connectivity index (χ0v) is 10.7. The van der Waals surface area contributed by atoms with Crippen molar-refractivity contribution in [3.05, 3.63) is 40.9 Å². The Morgan fingerprint density at radius 1 is 1.59 bits per heavy atom. The molecule has 0 bridgehead atoms. The average molecular weight is 248 g/mol. The molecule has 0 heterocycles. The number of aliphatic imine (C=N–C) groups is 1. The van der Waals surface area contributed by atoms with Gasteiger partial charge in [0.25, 0.3) is 0 Å². The molecule has 0 saturated carbocycles. The molecule has 3 nitrogen and oxygen atoms in total. The predicted molar refractivity (Wildman–Crippen MR) is 72.0 cm³/mol. The predicted octanol–water partition coefficient (Wildman–Crippen LogP) is 3.01. The number of rotatable bonds is 4. The molecule has 88 valence electrons. The molecule has 0 aliphatic rings. The SMILES string of the molecule is C=C(/N=C(\C)C#N)c1cc(CNC)ccc1Cl. The third-order valence-corrected chi connectivity index (χ3v) is 2.52. The van der Waals surface area contributed by atoms with Crippen LogP contribution < -0.4 is 5.32 Å². The number of hydrogen-bond donors (Lipinski definition) is 1. The zero-order chi connectivity index (χ0) is 12.8. The summed E-state index contributed by atoms with van der Waals surface area (Å²) in [6.45, 7) is 6.22. The summed E-state index contributed by atoms with van der Waals surface area (Å²) in [7, 11) is 1.88. The lowest BCUT2D eigenvalue weighted by molar-refractivity contribution is 0.817. The smallest absolute Gasteiger partial charge is 0.115 e. The van der Waals surface area contributed by atoms with Gasteiger partial charge in [0.1, 0.15) is 11.8 Å². The lowest BCUT2D eigenvalue weighted by Crippen LogP contribution is -2.05. The fourth-order valence-corrected chi connectivity index (χ4v) is 1.62. The number of nitrogens with one attached hydrogen (secondary N) is 1. The number of benzene rings is 1. The van der Waals surface area contributed by atoms with Crippen LogP contribution in [0.5, 0.6) is 0 Å². The molecule has 1 rings (SSSR count). The second-order valence-electron chi connectivity index (χ2n) is 3.60. The Balaban J connectivity index is 3.09. The molecule has 0 atom stereocenters. The highest BCUT2D eigenvalue weighted by molar-refractivity contribution is 6.32. The molecule has 17 heavy (non-hydrogen) atoms. The highest BCUT2D eigenvalue weighted by Gasteiger charge is 2.05. The Morgan fingerprint density at radius 2 is 2.29 bits per heavy atom. The van der Waals surface area contributed by atoms with Gasteiger partial charge in [0.2, 0.25) is 0 Å². The van der Waals surface area contributed by atoms with E-state index in [1.165, 1.54) is 0 Å². The largest absolute Gasteiger partial charge is 0.316 e. The van der Waals surface area contributed by atoms with Gasteiger partial charge in [-0.2, -0.15) is 5.26 Å². The van der Waals surface area contributed by atoms with Crippen LogP contribution in [0, 0.1) is 11.3 Å². The van der Waals surface area contributed by atoms with E-state index in [1.807, 2.05) is 31.3 Å². The van der Waals surface area contributed by atoms with E-state index in [-0.39, 0.29) is 0 Å². The van der Waals surface area contributed by atoms with E-state index in [9.17, 15) is 0 Å². The number of hydrogen-bond acceptors (Lipinski definition) is 3. The Hall–Kier alpha value is -1.63. The van der Waals surface area contributed by atoms with Gasteiger partial charge in [0.15, 0.2) is 0 Å². The molecular formula is C13H14ClN3. The summed E-state index contributed by atoms with van der Waals surface area (Å²) in [5.74, 6) is 0. The molecule has 0 fully saturated rings. The lowest BCUT2D eigenvalue weighted by atomic mass is 10.1. The van der Waals surface area contributed by atoms with E-state index in [2.05, 4.69) is 16.9 Å². The first-order valence-corrected chi connectivity index (χ1v) is 5.54. The highest BCUT2D eigenvalue weighted by atomic mass is 35.5. The van der Waals surface area contributed by atoms with E-state index in [4.69, 9.17) is 16.9 Å². The van der Waals surface area contributed by atoms with Crippen LogP contribution in [-0.4, -0.2) is 12.8 Å². The summed E-state index contributed by atoms with van der Waals surface area (Å²) in [5.41, 5.74) is 2.73. The van der Waals surface area contributed by atoms with Gasteiger partial charge in [-0.3, -0.25) is 0 Å². The lowest BCUT2D eigenvalue weighted by Gasteiger charge is -2.07. The Kier molecular flexibility index (Phi) is 4.89. The normalized spacial score (nSPS) is 11.1. The minimum atomic E-state index is 0.366. The summed E-state index contributed by atoms with van der Waals surface area (Å²) >= 11 is 6.08. The van der Waals surface area contributed by atoms with Crippen molar-refractivity contribution >= 4 is 23.0 Å². The van der Waals surface area contributed by atoms with Gasteiger partial charge < -0.3 is 5.32 Å². The Labute approximate surface area is 106 Å². The molecule has 0 saturated heterocycles. The number of halogens is 1. The molecule has 4 heteroatoms. The van der Waals surface area contributed by atoms with E-state index >= 15 is 0 Å². The summed E-state index contributed by atoms with van der Waals surface area (Å²) in [4.78, 5) is 4.08. The summed E-state index contributed by atoms with van der Waals surface area (Å²) in [5, 5.41) is 12.3. The first-order valence-electron chi connectivity index (χ1n) is 5.16. The van der Waals surface area contributed by atoms with Crippen molar-refractivity contribution in [3.8, 4) is 6.07 Å². The van der Waals surface area contributed by atoms with Crippen LogP contribution in [0.3, 0.4) is 0 Å². The van der Waals surface area contributed by atoms with Crippen molar-refractivity contribution in [1.29, 1.82) is 5.26 Å². The monoisotopic (exact) mass is 247 g/mol. The molecule has 1 aromatic carbocycles. The average Bonchev–Trinajstić information content (AvgIpc) is 2.31. The molecule has 0 aromatic heterocycles. The van der Waals surface area contributed by atoms with Crippen LogP contribution >= 0.6 is 11.6 Å². The molecule has 0 radical (unpaired) electrons. The molecule has 0 aliphatic heterocycles. The Bertz CT molecular complexity index is 498. The second kappa shape index (κ2) is 6.19. The summed E-state index contributed by atoms with van der Waals surface area (Å²) < 4.78 is 0. The summed E-state index contributed by atoms with van der Waals surface area (Å²) in [6.07, 6.45) is 0. The molecule has 1 N–H and O–H groups in total. The van der Waals surface area contributed by atoms with Crippen molar-refractivity contribution < 1.29 is 0 Å². The van der Waals surface area contributed by atoms with Crippen LogP contribution in [-0.2, 0) is 6.54 Å². The fraction of sp³-hybridized carbons (Fsp3) is 0.231. The Morgan fingerprint density at radius 3 is 2.88 bits per heavy atom. The van der Waals surface area contributed by atoms with Gasteiger partial charge in [-0.1, -0.05) is 24.2 Å². The quantitative estimate of drug-likeness (QED) is 0.832. The standard InChI is InChI=1S/C13H14ClN3/c1-9(7-15)17-10(2)12-6-11(8-16-3)4-5-13(12)14/h4-6,16H,2,8H2,1,3H3/b17-9+. The van der Waals surface area contributed by atoms with Gasteiger partial charge in [-0.25, -0.2) is 4.99 Å². The third kappa shape index (κ3) is 3.70. The maximum Gasteiger partial charge on any atom is 0.115 e. The van der Waals surface area contributed by atoms with E-state index < -0.39 is 0 Å². The number of nitriles is 1. The topological polar surface area (TPSA) is 48.2 Å². The van der Waals surface area contributed by atoms with Gasteiger partial charge >= 0.3 is 0 Å². The van der Waals surface area contributed by atoms with Crippen LogP contribution in [0.25, 0.3) is 5.70 Å². The van der Waals surface area contributed by atoms with Gasteiger partial charge in [0, 0.05) is 17.1 Å². The third-order valence-electron chi connectivity index (χ3n) is 2.19. The second-order valence-corrected chi connectivity index (χ2v) is 4.01. The van der Waals surface area contributed by atoms with Crippen molar-refractivity contribution in [1.82, 2.24) is 5.32 Å². The number of nitrogens with zero attached hydrogens (tertiary/aromatic N) is 2. The molecule has 1 aromatic rings. The van der Waals surface area contributed by atoms with Crippen molar-refractivity contribution in [3.63, 3.8) is 0 Å². The molecule has 0 spiro atoms. The van der Waals surface area contributed by atoms with Crippen LogP contribution in [0.15, 0.2) is 29.8 Å². The van der Waals surface area contributed by atoms with Gasteiger partial charge in [-0.15, -0.1) is 0 Å². The minimum absolute atomic E-state index is 0.366. The van der Waals surface area contributed by atoms with Crippen LogP contribution in [0.2, 0.25) is 5.02 Å². The minimum Gasteiger partial charge on any atom is -0.316 e. The van der Waals surface area contributed by atoms with Gasteiger partial charge in [0.05, 0.1) is 5.70 Å². The van der Waals surface area contributed by atoms with Crippen molar-refractivity contribution in [2.45, 2.75) is 13.5 Å². The fourth-order valence-electron chi connectivity index (χ4n) is 1.40.